The molecule has 0 rings (SSSR count). The van der Waals surface area contributed by atoms with Gasteiger partial charge in [-0.15, -0.1) is 0 Å². The van der Waals surface area contributed by atoms with Crippen LogP contribution in [0.4, 0.5) is 0 Å². The van der Waals surface area contributed by atoms with Gasteiger partial charge in [-0.25, -0.2) is 0 Å². The van der Waals surface area contributed by atoms with Gasteiger partial charge in [0.05, 0.1) is 6.42 Å². The molecule has 40 heavy (non-hydrogen) atoms. The number of nitrogens with one attached hydrogen (secondary N) is 1. The summed E-state index contributed by atoms with van der Waals surface area (Å²) in [5.41, 5.74) is 31.3. The number of nitrogens with two attached hydrogens (primary N) is 6. The van der Waals surface area contributed by atoms with Gasteiger partial charge >= 0.3 is 29.8 Å². The van der Waals surface area contributed by atoms with E-state index in [1.165, 1.54) is 0 Å². The third kappa shape index (κ3) is 34.0. The number of hydrogen-bond acceptors (Lipinski definition) is 13. The lowest BCUT2D eigenvalue weighted by atomic mass is 10.1. The van der Waals surface area contributed by atoms with Crippen LogP contribution >= 0.6 is 0 Å². The molecular formula is C20H41N7O13. The lowest BCUT2D eigenvalue weighted by molar-refractivity contribution is -0.143. The highest BCUT2D eigenvalue weighted by Crippen LogP contribution is 1.99. The average Bonchev–Trinajstić information content (AvgIpc) is 2.83. The molecule has 20 heteroatoms. The van der Waals surface area contributed by atoms with E-state index in [4.69, 9.17) is 59.4 Å². The van der Waals surface area contributed by atoms with Crippen molar-refractivity contribution in [1.29, 1.82) is 0 Å². The summed E-state index contributed by atoms with van der Waals surface area (Å²) >= 11 is 0. The average molecular weight is 588 g/mol. The first-order chi connectivity index (χ1) is 18.3. The second-order valence-electron chi connectivity index (χ2n) is 7.75. The Balaban J connectivity index is -0.000000217. The molecule has 0 aromatic heterocycles. The molecule has 20 nitrogen and oxygen atoms in total. The zero-order valence-corrected chi connectivity index (χ0v) is 21.7. The molecule has 0 fully saturated rings. The van der Waals surface area contributed by atoms with Gasteiger partial charge in [-0.05, 0) is 38.6 Å². The van der Waals surface area contributed by atoms with Crippen LogP contribution in [0.15, 0.2) is 0 Å². The minimum atomic E-state index is -1.21. The van der Waals surface area contributed by atoms with E-state index >= 15 is 0 Å². The smallest absolute Gasteiger partial charge is 0.323 e. The van der Waals surface area contributed by atoms with E-state index in [2.05, 4.69) is 5.73 Å². The van der Waals surface area contributed by atoms with Gasteiger partial charge in [-0.3, -0.25) is 33.6 Å². The van der Waals surface area contributed by atoms with Crippen molar-refractivity contribution >= 4 is 41.7 Å². The molecule has 0 heterocycles. The van der Waals surface area contributed by atoms with Crippen LogP contribution < -0.4 is 39.9 Å². The molecule has 0 bridgehead atoms. The Hall–Kier alpha value is -3.95. The third-order valence-corrected chi connectivity index (χ3v) is 4.14. The highest BCUT2D eigenvalue weighted by atomic mass is 16.5. The van der Waals surface area contributed by atoms with Crippen LogP contribution in [0.2, 0.25) is 0 Å². The van der Waals surface area contributed by atoms with Crippen LogP contribution in [0.1, 0.15) is 51.4 Å². The molecule has 0 spiro atoms. The quantitative estimate of drug-likeness (QED) is 0.0565. The van der Waals surface area contributed by atoms with Gasteiger partial charge in [0.1, 0.15) is 24.2 Å². The van der Waals surface area contributed by atoms with Gasteiger partial charge < -0.3 is 65.1 Å². The molecule has 19 N–H and O–H groups in total. The number of amides is 2. The highest BCUT2D eigenvalue weighted by molar-refractivity contribution is 5.83. The van der Waals surface area contributed by atoms with Gasteiger partial charge in [-0.1, -0.05) is 0 Å². The molecule has 0 aromatic rings. The van der Waals surface area contributed by atoms with Crippen molar-refractivity contribution in [2.24, 2.45) is 34.4 Å². The number of carboxylic acid groups (broad SMARTS) is 5. The Morgan fingerprint density at radius 2 is 1.02 bits per heavy atom. The molecule has 0 aliphatic rings. The van der Waals surface area contributed by atoms with E-state index in [1.807, 2.05) is 0 Å². The largest absolute Gasteiger partial charge is 0.481 e. The number of aliphatic carboxylic acids is 5. The fraction of sp³-hybridized carbons (Fsp3) is 0.650. The highest BCUT2D eigenvalue weighted by Gasteiger charge is 2.15. The van der Waals surface area contributed by atoms with Crippen molar-refractivity contribution in [3.63, 3.8) is 0 Å². The monoisotopic (exact) mass is 587 g/mol. The zero-order valence-electron chi connectivity index (χ0n) is 21.7. The summed E-state index contributed by atoms with van der Waals surface area (Å²) in [5.74, 6) is -6.79. The Kier molecular flexibility index (Phi) is 28.7. The van der Waals surface area contributed by atoms with Gasteiger partial charge in [0.2, 0.25) is 11.8 Å². The summed E-state index contributed by atoms with van der Waals surface area (Å²) in [6.07, 6.45) is 1.49. The van der Waals surface area contributed by atoms with Crippen LogP contribution in [-0.2, 0) is 33.6 Å². The Bertz CT molecular complexity index is 765. The maximum Gasteiger partial charge on any atom is 0.323 e. The Labute approximate surface area is 228 Å². The van der Waals surface area contributed by atoms with Crippen LogP contribution in [-0.4, -0.2) is 103 Å². The summed E-state index contributed by atoms with van der Waals surface area (Å²) in [4.78, 5) is 70.2. The second-order valence-corrected chi connectivity index (χ2v) is 7.75. The molecule has 0 saturated heterocycles. The first kappa shape index (κ1) is 43.1. The summed E-state index contributed by atoms with van der Waals surface area (Å²) in [7, 11) is 0. The van der Waals surface area contributed by atoms with Gasteiger partial charge in [0.15, 0.2) is 0 Å². The summed E-state index contributed by atoms with van der Waals surface area (Å²) in [6.45, 7) is 0.553. The van der Waals surface area contributed by atoms with Crippen molar-refractivity contribution in [2.75, 3.05) is 6.54 Å². The molecule has 0 aliphatic heterocycles. The second kappa shape index (κ2) is 26.6. The van der Waals surface area contributed by atoms with Gasteiger partial charge in [-0.2, -0.15) is 5.48 Å². The van der Waals surface area contributed by atoms with Crippen molar-refractivity contribution < 1.29 is 64.3 Å². The third-order valence-electron chi connectivity index (χ3n) is 4.14. The summed E-state index contributed by atoms with van der Waals surface area (Å²) in [6, 6.07) is -4.06. The molecule has 4 atom stereocenters. The molecule has 0 radical (unpaired) electrons. The summed E-state index contributed by atoms with van der Waals surface area (Å²) < 4.78 is 0. The van der Waals surface area contributed by atoms with Gasteiger partial charge in [0.25, 0.3) is 0 Å². The number of unbranched alkanes of at least 4 members (excludes halogenated alkanes) is 1. The topological polar surface area (TPSA) is 409 Å². The lowest BCUT2D eigenvalue weighted by Gasteiger charge is -2.08. The zero-order chi connectivity index (χ0) is 32.4. The predicted octanol–water partition coefficient (Wildman–Crippen LogP) is -4.25. The van der Waals surface area contributed by atoms with Crippen LogP contribution in [0.5, 0.6) is 0 Å². The van der Waals surface area contributed by atoms with E-state index in [-0.39, 0.29) is 32.1 Å². The molecule has 0 unspecified atom stereocenters. The first-order valence-electron chi connectivity index (χ1n) is 11.4. The predicted molar refractivity (Wildman–Crippen MR) is 135 cm³/mol. The van der Waals surface area contributed by atoms with Crippen molar-refractivity contribution in [3.05, 3.63) is 0 Å². The molecular weight excluding hydrogens is 546 g/mol. The van der Waals surface area contributed by atoms with Crippen molar-refractivity contribution in [1.82, 2.24) is 5.48 Å². The van der Waals surface area contributed by atoms with Crippen molar-refractivity contribution in [2.45, 2.75) is 75.5 Å². The summed E-state index contributed by atoms with van der Waals surface area (Å²) in [5, 5.41) is 49.3. The van der Waals surface area contributed by atoms with E-state index < -0.39 is 65.8 Å². The minimum Gasteiger partial charge on any atom is -0.481 e. The number of hydrogen-bond donors (Lipinski definition) is 13. The van der Waals surface area contributed by atoms with E-state index in [9.17, 15) is 33.6 Å². The SMILES string of the molecule is NC(=O)CC[C@H](N)C(=O)O.NC(=O)C[C@H](N)C(=O)O.NCCCC[C@H](NO)C(=O)O.N[C@@H](CCC(=O)O)C(=O)O. The van der Waals surface area contributed by atoms with Gasteiger partial charge in [0, 0.05) is 12.8 Å². The first-order valence-corrected chi connectivity index (χ1v) is 11.4. The number of carbonyl (C=O) groups excluding carboxylic acids is 2. The van der Waals surface area contributed by atoms with E-state index in [0.717, 1.165) is 6.42 Å². The molecule has 2 amide bonds. The molecule has 0 aliphatic carbocycles. The Morgan fingerprint density at radius 3 is 1.27 bits per heavy atom. The number of rotatable bonds is 17. The van der Waals surface area contributed by atoms with Crippen LogP contribution in [0.25, 0.3) is 0 Å². The van der Waals surface area contributed by atoms with E-state index in [1.54, 1.807) is 5.48 Å². The fourth-order valence-corrected chi connectivity index (χ4v) is 1.86. The van der Waals surface area contributed by atoms with Crippen LogP contribution in [0.3, 0.4) is 0 Å². The Morgan fingerprint density at radius 1 is 0.600 bits per heavy atom. The minimum absolute atomic E-state index is 0.0213. The lowest BCUT2D eigenvalue weighted by Crippen LogP contribution is -2.34. The normalized spacial score (nSPS) is 12.6. The molecule has 234 valence electrons. The fourth-order valence-electron chi connectivity index (χ4n) is 1.86. The number of primary amides is 2. The number of hydroxylamine groups is 1. The molecule has 0 aromatic carbocycles. The van der Waals surface area contributed by atoms with Crippen molar-refractivity contribution in [3.8, 4) is 0 Å². The maximum absolute atomic E-state index is 10.3. The maximum atomic E-state index is 10.3. The van der Waals surface area contributed by atoms with E-state index in [0.29, 0.717) is 19.4 Å². The number of carboxylic acids is 5. The number of carbonyl (C=O) groups is 7. The standard InChI is InChI=1S/C6H14N2O3.C5H10N2O3.C5H9NO4.C4H8N2O3/c7-4-2-1-3-5(8-11)6(9)10;2*6-3(5(9)10)1-2-4(7)8;5-2(4(8)9)1-3(6)7/h5,8,11H,1-4,7H2,(H,9,10);3H,1-2,6H2,(H2,7,8)(H,9,10);3H,1-2,6H2,(H,7,8)(H,9,10);2H,1,5H2,(H2,6,7)(H,8,9)/t5-;2*3-;2-/m0000/s1. The van der Waals surface area contributed by atoms with Crippen LogP contribution in [0, 0.1) is 0 Å². The molecule has 0 saturated carbocycles.